The number of allylic oxidation sites excluding steroid dienone is 1. The zero-order valence-electron chi connectivity index (χ0n) is 36.0. The fraction of sp³-hybridized carbons (Fsp3) is 0.532. The first-order valence-electron chi connectivity index (χ1n) is 22.0. The number of aromatic amines is 1. The minimum atomic E-state index is -4.28. The Balaban J connectivity index is 0.917. The largest absolute Gasteiger partial charge is 0.455 e. The molecular formula is C47H59N7O6S. The SMILES string of the molecule is CN1CCC(CNc2ccc(S(=O)(=O)CC(=O)c3ccc(N4CCN(CC5=C(C67CC(C)(C6)C7)CC(C)(C)CC5)CC4)cc3Oc3cnc4[nH]ccc4c3)cc2[N+](=O)[O-])CC1. The number of benzene rings is 2. The number of aromatic nitrogens is 2. The summed E-state index contributed by atoms with van der Waals surface area (Å²) in [6, 6.07) is 12.8. The third kappa shape index (κ3) is 8.55. The van der Waals surface area contributed by atoms with Crippen molar-refractivity contribution < 1.29 is 22.9 Å². The van der Waals surface area contributed by atoms with E-state index in [4.69, 9.17) is 4.74 Å². The number of carbonyl (C=O) groups excluding carboxylic acids is 1. The standard InChI is InChI=1S/C47H59N7O6S/c1-45(2)13-9-34(39(24-45)47-29-46(3,30-47)31-47)27-52-17-19-53(20-18-52)35-5-7-38(43(22-35)60-36-21-33-10-14-48-44(33)50-26-36)42(55)28-61(58,59)37-6-8-40(41(23-37)54(56)57)49-25-32-11-15-51(4)16-12-32/h5-8,10,14,21-23,26,32,49H,9,11-13,15-20,24-25,27-31H2,1-4H3,(H,48,50). The zero-order chi connectivity index (χ0) is 42.7. The summed E-state index contributed by atoms with van der Waals surface area (Å²) in [4.78, 5) is 40.0. The zero-order valence-corrected chi connectivity index (χ0v) is 36.8. The maximum absolute atomic E-state index is 14.1. The van der Waals surface area contributed by atoms with E-state index >= 15 is 0 Å². The maximum atomic E-state index is 14.1. The van der Waals surface area contributed by atoms with Crippen molar-refractivity contribution in [2.75, 3.05) is 75.4 Å². The van der Waals surface area contributed by atoms with Gasteiger partial charge in [0.15, 0.2) is 15.6 Å². The van der Waals surface area contributed by atoms with Gasteiger partial charge in [-0.2, -0.15) is 0 Å². The van der Waals surface area contributed by atoms with Crippen molar-refractivity contribution in [2.45, 2.75) is 77.0 Å². The average molecular weight is 850 g/mol. The molecule has 6 aliphatic rings. The van der Waals surface area contributed by atoms with Gasteiger partial charge in [0.2, 0.25) is 0 Å². The van der Waals surface area contributed by atoms with E-state index < -0.39 is 26.3 Å². The molecule has 2 aromatic heterocycles. The van der Waals surface area contributed by atoms with Gasteiger partial charge in [-0.15, -0.1) is 0 Å². The number of nitrogens with one attached hydrogen (secondary N) is 2. The smallest absolute Gasteiger partial charge is 0.293 e. The predicted octanol–water partition coefficient (Wildman–Crippen LogP) is 8.49. The number of rotatable bonds is 14. The molecule has 2 aromatic carbocycles. The Morgan fingerprint density at radius 3 is 2.48 bits per heavy atom. The molecule has 5 fully saturated rings. The highest BCUT2D eigenvalue weighted by molar-refractivity contribution is 7.92. The number of hydrogen-bond acceptors (Lipinski definition) is 11. The number of carbonyl (C=O) groups is 1. The number of nitro groups is 1. The van der Waals surface area contributed by atoms with Crippen molar-refractivity contribution in [1.82, 2.24) is 19.8 Å². The van der Waals surface area contributed by atoms with Crippen LogP contribution in [-0.4, -0.2) is 104 Å². The molecule has 2 bridgehead atoms. The Hall–Kier alpha value is -4.79. The fourth-order valence-electron chi connectivity index (χ4n) is 11.1. The van der Waals surface area contributed by atoms with Crippen LogP contribution in [0.5, 0.6) is 11.5 Å². The average Bonchev–Trinajstić information content (AvgIpc) is 3.68. The minimum absolute atomic E-state index is 0.105. The van der Waals surface area contributed by atoms with Crippen LogP contribution in [0, 0.1) is 32.3 Å². The van der Waals surface area contributed by atoms with Gasteiger partial charge in [0, 0.05) is 68.7 Å². The van der Waals surface area contributed by atoms with Crippen LogP contribution in [0.1, 0.15) is 82.5 Å². The topological polar surface area (TPSA) is 154 Å². The number of anilines is 2. The van der Waals surface area contributed by atoms with Gasteiger partial charge in [-0.25, -0.2) is 13.4 Å². The summed E-state index contributed by atoms with van der Waals surface area (Å²) in [5.74, 6) is -0.566. The molecule has 3 saturated carbocycles. The molecular weight excluding hydrogens is 791 g/mol. The molecule has 324 valence electrons. The number of hydrogen-bond donors (Lipinski definition) is 2. The lowest BCUT2D eigenvalue weighted by Gasteiger charge is -2.72. The molecule has 0 amide bonds. The molecule has 4 aliphatic carbocycles. The van der Waals surface area contributed by atoms with E-state index in [2.05, 4.69) is 57.8 Å². The van der Waals surface area contributed by atoms with Gasteiger partial charge in [-0.1, -0.05) is 31.9 Å². The molecule has 4 aromatic rings. The molecule has 4 heterocycles. The summed E-state index contributed by atoms with van der Waals surface area (Å²) in [6.07, 6.45) is 13.0. The van der Waals surface area contributed by atoms with Crippen LogP contribution < -0.4 is 15.0 Å². The Kier molecular flexibility index (Phi) is 10.8. The van der Waals surface area contributed by atoms with Gasteiger partial charge >= 0.3 is 0 Å². The van der Waals surface area contributed by atoms with E-state index in [-0.39, 0.29) is 27.6 Å². The highest BCUT2D eigenvalue weighted by Gasteiger charge is 2.66. The molecule has 0 atom stereocenters. The number of ketones is 1. The van der Waals surface area contributed by atoms with Crippen molar-refractivity contribution >= 4 is 43.7 Å². The van der Waals surface area contributed by atoms with Crippen molar-refractivity contribution in [2.24, 2.45) is 22.2 Å². The Labute approximate surface area is 359 Å². The number of piperazine rings is 1. The lowest BCUT2D eigenvalue weighted by Crippen LogP contribution is -2.61. The summed E-state index contributed by atoms with van der Waals surface area (Å²) in [6.45, 7) is 14.2. The number of nitrogens with zero attached hydrogens (tertiary/aromatic N) is 5. The maximum Gasteiger partial charge on any atom is 0.293 e. The molecule has 14 heteroatoms. The number of fused-ring (bicyclic) bond motifs is 1. The number of likely N-dealkylation sites (tertiary alicyclic amines) is 1. The quantitative estimate of drug-likeness (QED) is 0.0544. The third-order valence-corrected chi connectivity index (χ3v) is 16.0. The van der Waals surface area contributed by atoms with Gasteiger partial charge in [-0.05, 0) is 130 Å². The van der Waals surface area contributed by atoms with Crippen LogP contribution in [0.25, 0.3) is 11.0 Å². The molecule has 0 radical (unpaired) electrons. The van der Waals surface area contributed by atoms with Crippen LogP contribution in [0.2, 0.25) is 0 Å². The molecule has 2 N–H and O–H groups in total. The van der Waals surface area contributed by atoms with Gasteiger partial charge < -0.3 is 24.8 Å². The second kappa shape index (κ2) is 15.8. The predicted molar refractivity (Wildman–Crippen MR) is 239 cm³/mol. The normalized spacial score (nSPS) is 24.6. The van der Waals surface area contributed by atoms with Crippen molar-refractivity contribution in [3.05, 3.63) is 87.7 Å². The first-order valence-corrected chi connectivity index (χ1v) is 23.6. The fourth-order valence-corrected chi connectivity index (χ4v) is 12.3. The summed E-state index contributed by atoms with van der Waals surface area (Å²) >= 11 is 0. The Morgan fingerprint density at radius 2 is 1.75 bits per heavy atom. The summed E-state index contributed by atoms with van der Waals surface area (Å²) in [5, 5.41) is 16.2. The highest BCUT2D eigenvalue weighted by Crippen LogP contribution is 2.77. The molecule has 10 rings (SSSR count). The van der Waals surface area contributed by atoms with Crippen molar-refractivity contribution in [1.29, 1.82) is 0 Å². The van der Waals surface area contributed by atoms with Crippen LogP contribution in [0.4, 0.5) is 17.1 Å². The van der Waals surface area contributed by atoms with Crippen LogP contribution in [-0.2, 0) is 9.84 Å². The Morgan fingerprint density at radius 1 is 1.00 bits per heavy atom. The molecule has 0 unspecified atom stereocenters. The van der Waals surface area contributed by atoms with Gasteiger partial charge in [0.25, 0.3) is 5.69 Å². The van der Waals surface area contributed by atoms with Gasteiger partial charge in [0.05, 0.1) is 21.6 Å². The number of sulfone groups is 1. The van der Waals surface area contributed by atoms with Crippen LogP contribution in [0.15, 0.2) is 77.0 Å². The first-order chi connectivity index (χ1) is 29.1. The second-order valence-corrected chi connectivity index (χ2v) is 21.9. The molecule has 2 aliphatic heterocycles. The van der Waals surface area contributed by atoms with E-state index in [1.807, 2.05) is 24.3 Å². The minimum Gasteiger partial charge on any atom is -0.455 e. The summed E-state index contributed by atoms with van der Waals surface area (Å²) in [5.41, 5.74) is 6.45. The Bertz CT molecular complexity index is 2480. The summed E-state index contributed by atoms with van der Waals surface area (Å²) in [7, 11) is -2.20. The van der Waals surface area contributed by atoms with Gasteiger partial charge in [0.1, 0.15) is 28.6 Å². The number of pyridine rings is 1. The molecule has 13 nitrogen and oxygen atoms in total. The van der Waals surface area contributed by atoms with E-state index in [1.165, 1.54) is 50.7 Å². The van der Waals surface area contributed by atoms with Crippen molar-refractivity contribution in [3.63, 3.8) is 0 Å². The van der Waals surface area contributed by atoms with E-state index in [9.17, 15) is 23.3 Å². The number of H-pyrrole nitrogens is 1. The third-order valence-electron chi connectivity index (χ3n) is 14.4. The number of piperidine rings is 1. The molecule has 2 saturated heterocycles. The van der Waals surface area contributed by atoms with E-state index in [0.717, 1.165) is 75.8 Å². The first kappa shape index (κ1) is 41.6. The second-order valence-electron chi connectivity index (χ2n) is 19.9. The van der Waals surface area contributed by atoms with Crippen LogP contribution in [0.3, 0.4) is 0 Å². The number of nitro benzene ring substituents is 1. The molecule has 0 spiro atoms. The van der Waals surface area contributed by atoms with E-state index in [1.54, 1.807) is 29.6 Å². The lowest BCUT2D eigenvalue weighted by atomic mass is 9.33. The van der Waals surface area contributed by atoms with E-state index in [0.29, 0.717) is 40.1 Å². The highest BCUT2D eigenvalue weighted by atomic mass is 32.2. The number of ether oxygens (including phenoxy) is 1. The van der Waals surface area contributed by atoms with Gasteiger partial charge in [-0.3, -0.25) is 19.8 Å². The lowest BCUT2D eigenvalue weighted by molar-refractivity contribution is -0.384. The molecule has 61 heavy (non-hydrogen) atoms. The summed E-state index contributed by atoms with van der Waals surface area (Å²) < 4.78 is 34.0. The monoisotopic (exact) mass is 849 g/mol. The number of Topliss-reactive ketones (excluding diaryl/α,β-unsaturated/α-hetero) is 1. The van der Waals surface area contributed by atoms with Crippen molar-refractivity contribution in [3.8, 4) is 11.5 Å². The van der Waals surface area contributed by atoms with Crippen LogP contribution >= 0.6 is 0 Å².